The maximum atomic E-state index is 9.72. The summed E-state index contributed by atoms with van der Waals surface area (Å²) in [4.78, 5) is 8.70. The molecular formula is C24H22Cl2N5+. The zero-order valence-electron chi connectivity index (χ0n) is 17.2. The SMILES string of the molecule is Cc1cc(N2CC[NH+](Cc3ccc(Cl)c(Cl)c3)CC2)n2c(nc3ccccc32)c1C#N. The first kappa shape index (κ1) is 20.1. The lowest BCUT2D eigenvalue weighted by molar-refractivity contribution is -0.914. The fraction of sp³-hybridized carbons (Fsp3) is 0.250. The molecule has 1 fully saturated rings. The van der Waals surface area contributed by atoms with Crippen molar-refractivity contribution in [2.45, 2.75) is 13.5 Å². The number of nitrogens with zero attached hydrogens (tertiary/aromatic N) is 4. The molecule has 5 nitrogen and oxygen atoms in total. The van der Waals surface area contributed by atoms with Crippen molar-refractivity contribution in [2.24, 2.45) is 0 Å². The topological polar surface area (TPSA) is 48.8 Å². The highest BCUT2D eigenvalue weighted by Crippen LogP contribution is 2.29. The molecule has 0 unspecified atom stereocenters. The number of halogens is 2. The molecule has 0 aliphatic carbocycles. The van der Waals surface area contributed by atoms with Crippen LogP contribution in [0.2, 0.25) is 10.0 Å². The van der Waals surface area contributed by atoms with E-state index in [-0.39, 0.29) is 0 Å². The van der Waals surface area contributed by atoms with Crippen LogP contribution in [0, 0.1) is 18.3 Å². The standard InChI is InChI=1S/C24H21Cl2N5/c1-16-12-23(31-22-5-3-2-4-21(22)28-24(31)18(16)14-27)30-10-8-29(9-11-30)15-17-6-7-19(25)20(26)13-17/h2-7,12-13H,8-11,15H2,1H3/p+1. The summed E-state index contributed by atoms with van der Waals surface area (Å²) in [5.41, 5.74) is 5.50. The molecule has 2 aromatic carbocycles. The lowest BCUT2D eigenvalue weighted by atomic mass is 10.1. The molecule has 0 saturated carbocycles. The number of para-hydroxylation sites is 2. The lowest BCUT2D eigenvalue weighted by Crippen LogP contribution is -3.13. The Morgan fingerprint density at radius 3 is 2.58 bits per heavy atom. The quantitative estimate of drug-likeness (QED) is 0.515. The summed E-state index contributed by atoms with van der Waals surface area (Å²) < 4.78 is 2.14. The van der Waals surface area contributed by atoms with Crippen LogP contribution in [0.4, 0.5) is 5.82 Å². The van der Waals surface area contributed by atoms with Crippen molar-refractivity contribution in [2.75, 3.05) is 31.1 Å². The van der Waals surface area contributed by atoms with Crippen molar-refractivity contribution >= 4 is 45.7 Å². The van der Waals surface area contributed by atoms with Crippen molar-refractivity contribution in [1.82, 2.24) is 9.38 Å². The normalized spacial score (nSPS) is 15.0. The molecule has 0 spiro atoms. The van der Waals surface area contributed by atoms with Gasteiger partial charge in [-0.15, -0.1) is 0 Å². The second kappa shape index (κ2) is 8.05. The molecule has 156 valence electrons. The Kier molecular flexibility index (Phi) is 5.23. The monoisotopic (exact) mass is 450 g/mol. The average molecular weight is 451 g/mol. The molecule has 7 heteroatoms. The number of imidazole rings is 1. The highest BCUT2D eigenvalue weighted by atomic mass is 35.5. The van der Waals surface area contributed by atoms with Crippen LogP contribution in [-0.2, 0) is 6.54 Å². The van der Waals surface area contributed by atoms with Gasteiger partial charge in [-0.25, -0.2) is 4.98 Å². The Hall–Kier alpha value is -2.78. The third kappa shape index (κ3) is 3.61. The van der Waals surface area contributed by atoms with Crippen molar-refractivity contribution in [1.29, 1.82) is 5.26 Å². The minimum absolute atomic E-state index is 0.595. The number of benzene rings is 2. The van der Waals surface area contributed by atoms with Gasteiger partial charge >= 0.3 is 0 Å². The van der Waals surface area contributed by atoms with Crippen LogP contribution in [0.5, 0.6) is 0 Å². The predicted molar refractivity (Wildman–Crippen MR) is 125 cm³/mol. The van der Waals surface area contributed by atoms with E-state index < -0.39 is 0 Å². The molecule has 1 saturated heterocycles. The number of nitrogens with one attached hydrogen (secondary N) is 1. The van der Waals surface area contributed by atoms with Crippen molar-refractivity contribution < 1.29 is 4.90 Å². The molecular weight excluding hydrogens is 429 g/mol. The Bertz CT molecular complexity index is 1330. The molecule has 1 N–H and O–H groups in total. The molecule has 0 amide bonds. The van der Waals surface area contributed by atoms with Gasteiger partial charge in [-0.3, -0.25) is 4.40 Å². The number of hydrogen-bond donors (Lipinski definition) is 1. The van der Waals surface area contributed by atoms with Gasteiger partial charge in [0.1, 0.15) is 18.4 Å². The summed E-state index contributed by atoms with van der Waals surface area (Å²) >= 11 is 12.2. The van der Waals surface area contributed by atoms with E-state index in [9.17, 15) is 5.26 Å². The molecule has 0 radical (unpaired) electrons. The van der Waals surface area contributed by atoms with E-state index in [1.54, 1.807) is 0 Å². The minimum Gasteiger partial charge on any atom is -0.346 e. The number of quaternary nitrogens is 1. The third-order valence-corrected chi connectivity index (χ3v) is 6.84. The largest absolute Gasteiger partial charge is 0.346 e. The third-order valence-electron chi connectivity index (χ3n) is 6.10. The van der Waals surface area contributed by atoms with Crippen LogP contribution in [-0.4, -0.2) is 35.6 Å². The molecule has 31 heavy (non-hydrogen) atoms. The zero-order valence-corrected chi connectivity index (χ0v) is 18.7. The van der Waals surface area contributed by atoms with Gasteiger partial charge in [0.2, 0.25) is 0 Å². The molecule has 1 aliphatic heterocycles. The fourth-order valence-electron chi connectivity index (χ4n) is 4.47. The summed E-state index contributed by atoms with van der Waals surface area (Å²) in [5, 5.41) is 10.9. The van der Waals surface area contributed by atoms with Crippen LogP contribution in [0.3, 0.4) is 0 Å². The highest BCUT2D eigenvalue weighted by molar-refractivity contribution is 6.42. The molecule has 5 rings (SSSR count). The predicted octanol–water partition coefficient (Wildman–Crippen LogP) is 3.88. The number of pyridine rings is 1. The van der Waals surface area contributed by atoms with Gasteiger partial charge in [-0.1, -0.05) is 41.4 Å². The second-order valence-electron chi connectivity index (χ2n) is 8.09. The van der Waals surface area contributed by atoms with Crippen LogP contribution < -0.4 is 9.80 Å². The maximum absolute atomic E-state index is 9.72. The van der Waals surface area contributed by atoms with Gasteiger partial charge in [0, 0.05) is 5.56 Å². The van der Waals surface area contributed by atoms with Gasteiger partial charge in [0.05, 0.1) is 52.8 Å². The number of hydrogen-bond acceptors (Lipinski definition) is 3. The summed E-state index contributed by atoms with van der Waals surface area (Å²) in [5.74, 6) is 1.11. The second-order valence-corrected chi connectivity index (χ2v) is 8.91. The van der Waals surface area contributed by atoms with E-state index in [0.29, 0.717) is 15.6 Å². The molecule has 2 aromatic heterocycles. The summed E-state index contributed by atoms with van der Waals surface area (Å²) in [6.07, 6.45) is 0. The Labute approximate surface area is 191 Å². The smallest absolute Gasteiger partial charge is 0.157 e. The molecule has 0 bridgehead atoms. The summed E-state index contributed by atoms with van der Waals surface area (Å²) in [6.45, 7) is 6.84. The van der Waals surface area contributed by atoms with Crippen molar-refractivity contribution in [3.05, 3.63) is 75.3 Å². The van der Waals surface area contributed by atoms with Gasteiger partial charge in [0.15, 0.2) is 5.65 Å². The minimum atomic E-state index is 0.595. The maximum Gasteiger partial charge on any atom is 0.157 e. The van der Waals surface area contributed by atoms with E-state index in [1.165, 1.54) is 10.5 Å². The van der Waals surface area contributed by atoms with Gasteiger partial charge in [-0.05, 0) is 42.8 Å². The van der Waals surface area contributed by atoms with E-state index in [0.717, 1.165) is 60.8 Å². The van der Waals surface area contributed by atoms with E-state index in [1.807, 2.05) is 37.3 Å². The van der Waals surface area contributed by atoms with Gasteiger partial charge in [-0.2, -0.15) is 5.26 Å². The van der Waals surface area contributed by atoms with Crippen LogP contribution in [0.1, 0.15) is 16.7 Å². The molecule has 3 heterocycles. The Morgan fingerprint density at radius 1 is 1.06 bits per heavy atom. The number of aromatic nitrogens is 2. The number of nitriles is 1. The van der Waals surface area contributed by atoms with E-state index >= 15 is 0 Å². The number of anilines is 1. The summed E-state index contributed by atoms with van der Waals surface area (Å²) in [6, 6.07) is 18.4. The first-order chi connectivity index (χ1) is 15.0. The van der Waals surface area contributed by atoms with Crippen LogP contribution in [0.25, 0.3) is 16.7 Å². The molecule has 4 aromatic rings. The number of rotatable bonds is 3. The van der Waals surface area contributed by atoms with Gasteiger partial charge in [0.25, 0.3) is 0 Å². The van der Waals surface area contributed by atoms with Crippen LogP contribution >= 0.6 is 23.2 Å². The zero-order chi connectivity index (χ0) is 21.5. The lowest BCUT2D eigenvalue weighted by Gasteiger charge is -2.34. The first-order valence-corrected chi connectivity index (χ1v) is 11.1. The number of fused-ring (bicyclic) bond motifs is 3. The molecule has 0 atom stereocenters. The Morgan fingerprint density at radius 2 is 1.84 bits per heavy atom. The van der Waals surface area contributed by atoms with Gasteiger partial charge < -0.3 is 9.80 Å². The molecule has 1 aliphatic rings. The summed E-state index contributed by atoms with van der Waals surface area (Å²) in [7, 11) is 0. The van der Waals surface area contributed by atoms with Crippen LogP contribution in [0.15, 0.2) is 48.5 Å². The highest BCUT2D eigenvalue weighted by Gasteiger charge is 2.24. The number of piperazine rings is 1. The Balaban J connectivity index is 1.44. The first-order valence-electron chi connectivity index (χ1n) is 10.4. The average Bonchev–Trinajstić information content (AvgIpc) is 3.16. The van der Waals surface area contributed by atoms with Crippen molar-refractivity contribution in [3.63, 3.8) is 0 Å². The van der Waals surface area contributed by atoms with E-state index in [4.69, 9.17) is 28.2 Å². The van der Waals surface area contributed by atoms with Crippen molar-refractivity contribution in [3.8, 4) is 6.07 Å². The van der Waals surface area contributed by atoms with E-state index in [2.05, 4.69) is 33.6 Å². The number of aryl methyl sites for hydroxylation is 1. The fourth-order valence-corrected chi connectivity index (χ4v) is 4.79.